The van der Waals surface area contributed by atoms with Gasteiger partial charge in [0.05, 0.1) is 12.9 Å². The van der Waals surface area contributed by atoms with Gasteiger partial charge in [0.1, 0.15) is 11.6 Å². The molecule has 2 heterocycles. The van der Waals surface area contributed by atoms with Gasteiger partial charge in [0.2, 0.25) is 11.1 Å². The monoisotopic (exact) mass is 362 g/mol. The molecule has 2 aromatic rings. The molecule has 0 aliphatic carbocycles. The maximum Gasteiger partial charge on any atom is 0.233 e. The van der Waals surface area contributed by atoms with E-state index in [9.17, 15) is 4.79 Å². The number of aromatic nitrogens is 3. The van der Waals surface area contributed by atoms with Crippen molar-refractivity contribution >= 4 is 23.4 Å². The topological polar surface area (TPSA) is 89.5 Å². The number of ether oxygens (including phenoxy) is 1. The molecule has 1 aromatic heterocycles. The van der Waals surface area contributed by atoms with Crippen LogP contribution in [-0.2, 0) is 4.79 Å². The molecule has 1 fully saturated rings. The zero-order valence-corrected chi connectivity index (χ0v) is 15.2. The van der Waals surface area contributed by atoms with Crippen LogP contribution in [0.2, 0.25) is 0 Å². The van der Waals surface area contributed by atoms with Crippen LogP contribution in [0.25, 0.3) is 0 Å². The summed E-state index contributed by atoms with van der Waals surface area (Å²) in [6.45, 7) is 4.82. The summed E-state index contributed by atoms with van der Waals surface area (Å²) in [5, 5.41) is 8.41. The Bertz CT molecular complexity index is 725. The normalized spacial score (nSPS) is 14.6. The SMILES string of the molecule is COc1ccc(N2CCN(C(=O)CSc3nnc(C)n3N)CC2)cc1. The molecule has 25 heavy (non-hydrogen) atoms. The Morgan fingerprint density at radius 1 is 1.20 bits per heavy atom. The average molecular weight is 362 g/mol. The Kier molecular flexibility index (Phi) is 5.32. The quantitative estimate of drug-likeness (QED) is 0.620. The highest BCUT2D eigenvalue weighted by Gasteiger charge is 2.22. The van der Waals surface area contributed by atoms with E-state index in [1.807, 2.05) is 29.2 Å². The number of rotatable bonds is 5. The largest absolute Gasteiger partial charge is 0.497 e. The van der Waals surface area contributed by atoms with Crippen LogP contribution >= 0.6 is 11.8 Å². The molecule has 0 bridgehead atoms. The second-order valence-corrected chi connectivity index (χ2v) is 6.70. The predicted molar refractivity (Wildman–Crippen MR) is 97.4 cm³/mol. The van der Waals surface area contributed by atoms with Crippen LogP contribution in [-0.4, -0.2) is 64.7 Å². The van der Waals surface area contributed by atoms with Crippen molar-refractivity contribution in [1.82, 2.24) is 19.8 Å². The zero-order valence-electron chi connectivity index (χ0n) is 14.4. The summed E-state index contributed by atoms with van der Waals surface area (Å²) in [6.07, 6.45) is 0. The van der Waals surface area contributed by atoms with E-state index in [0.717, 1.165) is 24.5 Å². The fourth-order valence-electron chi connectivity index (χ4n) is 2.67. The molecular formula is C16H22N6O2S. The Hall–Kier alpha value is -2.42. The summed E-state index contributed by atoms with van der Waals surface area (Å²) in [6, 6.07) is 7.99. The minimum Gasteiger partial charge on any atom is -0.497 e. The number of amides is 1. The van der Waals surface area contributed by atoms with Gasteiger partial charge in [-0.15, -0.1) is 10.2 Å². The van der Waals surface area contributed by atoms with E-state index in [0.29, 0.717) is 29.8 Å². The van der Waals surface area contributed by atoms with Crippen molar-refractivity contribution in [3.05, 3.63) is 30.1 Å². The van der Waals surface area contributed by atoms with Crippen molar-refractivity contribution < 1.29 is 9.53 Å². The van der Waals surface area contributed by atoms with Gasteiger partial charge in [0.25, 0.3) is 0 Å². The van der Waals surface area contributed by atoms with Crippen LogP contribution in [0.4, 0.5) is 5.69 Å². The smallest absolute Gasteiger partial charge is 0.233 e. The van der Waals surface area contributed by atoms with Gasteiger partial charge in [-0.05, 0) is 31.2 Å². The molecule has 0 atom stereocenters. The summed E-state index contributed by atoms with van der Waals surface area (Å²) in [7, 11) is 1.66. The molecule has 1 aliphatic heterocycles. The summed E-state index contributed by atoms with van der Waals surface area (Å²) in [5.41, 5.74) is 1.15. The second-order valence-electron chi connectivity index (χ2n) is 5.75. The summed E-state index contributed by atoms with van der Waals surface area (Å²) < 4.78 is 6.59. The number of carbonyl (C=O) groups excluding carboxylic acids is 1. The molecule has 1 aliphatic rings. The maximum atomic E-state index is 12.4. The molecular weight excluding hydrogens is 340 g/mol. The van der Waals surface area contributed by atoms with Crippen molar-refractivity contribution in [2.75, 3.05) is 49.8 Å². The van der Waals surface area contributed by atoms with Gasteiger partial charge >= 0.3 is 0 Å². The molecule has 8 nitrogen and oxygen atoms in total. The van der Waals surface area contributed by atoms with Crippen molar-refractivity contribution in [2.24, 2.45) is 0 Å². The molecule has 0 spiro atoms. The highest BCUT2D eigenvalue weighted by molar-refractivity contribution is 7.99. The summed E-state index contributed by atoms with van der Waals surface area (Å²) in [4.78, 5) is 16.5. The zero-order chi connectivity index (χ0) is 17.8. The van der Waals surface area contributed by atoms with Crippen molar-refractivity contribution in [3.8, 4) is 5.75 Å². The first-order chi connectivity index (χ1) is 12.1. The molecule has 1 aromatic carbocycles. The molecule has 0 saturated carbocycles. The Balaban J connectivity index is 1.49. The Labute approximate surface area is 150 Å². The van der Waals surface area contributed by atoms with Crippen LogP contribution in [0, 0.1) is 6.92 Å². The van der Waals surface area contributed by atoms with Crippen LogP contribution in [0.15, 0.2) is 29.4 Å². The number of carbonyl (C=O) groups is 1. The minimum absolute atomic E-state index is 0.0973. The highest BCUT2D eigenvalue weighted by atomic mass is 32.2. The van der Waals surface area contributed by atoms with E-state index < -0.39 is 0 Å². The number of aryl methyl sites for hydroxylation is 1. The molecule has 1 saturated heterocycles. The number of methoxy groups -OCH3 is 1. The van der Waals surface area contributed by atoms with Crippen LogP contribution in [0.1, 0.15) is 5.82 Å². The summed E-state index contributed by atoms with van der Waals surface area (Å²) in [5.74, 6) is 7.69. The van der Waals surface area contributed by atoms with Gasteiger partial charge in [-0.2, -0.15) is 0 Å². The Morgan fingerprint density at radius 3 is 2.44 bits per heavy atom. The van der Waals surface area contributed by atoms with E-state index in [-0.39, 0.29) is 5.91 Å². The predicted octanol–water partition coefficient (Wildman–Crippen LogP) is 0.750. The van der Waals surface area contributed by atoms with Crippen molar-refractivity contribution in [1.29, 1.82) is 0 Å². The van der Waals surface area contributed by atoms with Crippen molar-refractivity contribution in [2.45, 2.75) is 12.1 Å². The van der Waals surface area contributed by atoms with Crippen molar-refractivity contribution in [3.63, 3.8) is 0 Å². The van der Waals surface area contributed by atoms with E-state index in [2.05, 4.69) is 15.1 Å². The molecule has 9 heteroatoms. The number of hydrogen-bond donors (Lipinski definition) is 1. The third kappa shape index (κ3) is 3.98. The molecule has 0 unspecified atom stereocenters. The lowest BCUT2D eigenvalue weighted by molar-refractivity contribution is -0.128. The van der Waals surface area contributed by atoms with Crippen LogP contribution in [0.5, 0.6) is 5.75 Å². The lowest BCUT2D eigenvalue weighted by Gasteiger charge is -2.36. The Morgan fingerprint density at radius 2 is 1.88 bits per heavy atom. The lowest BCUT2D eigenvalue weighted by atomic mass is 10.2. The number of thioether (sulfide) groups is 1. The number of nitrogens with zero attached hydrogens (tertiary/aromatic N) is 5. The number of nitrogens with two attached hydrogens (primary N) is 1. The van der Waals surface area contributed by atoms with Gasteiger partial charge in [-0.1, -0.05) is 11.8 Å². The van der Waals surface area contributed by atoms with Crippen LogP contribution in [0.3, 0.4) is 0 Å². The van der Waals surface area contributed by atoms with Gasteiger partial charge in [-0.25, -0.2) is 4.68 Å². The third-order valence-electron chi connectivity index (χ3n) is 4.23. The highest BCUT2D eigenvalue weighted by Crippen LogP contribution is 2.21. The standard InChI is InChI=1S/C16H22N6O2S/c1-12-18-19-16(22(12)17)25-11-15(23)21-9-7-20(8-10-21)13-3-5-14(24-2)6-4-13/h3-6H,7-11,17H2,1-2H3. The van der Waals surface area contributed by atoms with E-state index in [1.165, 1.54) is 16.4 Å². The van der Waals surface area contributed by atoms with E-state index in [4.69, 9.17) is 10.6 Å². The van der Waals surface area contributed by atoms with Gasteiger partial charge in [-0.3, -0.25) is 4.79 Å². The van der Waals surface area contributed by atoms with E-state index in [1.54, 1.807) is 14.0 Å². The molecule has 2 N–H and O–H groups in total. The van der Waals surface area contributed by atoms with E-state index >= 15 is 0 Å². The second kappa shape index (κ2) is 7.64. The van der Waals surface area contributed by atoms with Gasteiger partial charge in [0.15, 0.2) is 0 Å². The maximum absolute atomic E-state index is 12.4. The summed E-state index contributed by atoms with van der Waals surface area (Å²) >= 11 is 1.32. The number of hydrogen-bond acceptors (Lipinski definition) is 7. The fourth-order valence-corrected chi connectivity index (χ4v) is 3.48. The lowest BCUT2D eigenvalue weighted by Crippen LogP contribution is -2.49. The number of piperazine rings is 1. The van der Waals surface area contributed by atoms with Crippen LogP contribution < -0.4 is 15.5 Å². The number of anilines is 1. The number of benzene rings is 1. The molecule has 1 amide bonds. The average Bonchev–Trinajstić information content (AvgIpc) is 2.98. The van der Waals surface area contributed by atoms with Gasteiger partial charge in [0, 0.05) is 31.9 Å². The first-order valence-corrected chi connectivity index (χ1v) is 9.03. The first-order valence-electron chi connectivity index (χ1n) is 8.05. The first kappa shape index (κ1) is 17.4. The minimum atomic E-state index is 0.0973. The fraction of sp³-hybridized carbons (Fsp3) is 0.438. The molecule has 134 valence electrons. The molecule has 0 radical (unpaired) electrons. The van der Waals surface area contributed by atoms with Gasteiger partial charge < -0.3 is 20.4 Å². The molecule has 3 rings (SSSR count). The number of nitrogen functional groups attached to an aromatic ring is 1. The third-order valence-corrected chi connectivity index (χ3v) is 5.16.